The average molecular weight is 418 g/mol. The first kappa shape index (κ1) is 20.8. The number of anilines is 2. The number of fused-ring (bicyclic) bond motifs is 1. The molecule has 31 heavy (non-hydrogen) atoms. The van der Waals surface area contributed by atoms with Gasteiger partial charge in [-0.2, -0.15) is 0 Å². The third-order valence-electron chi connectivity index (χ3n) is 5.81. The van der Waals surface area contributed by atoms with E-state index in [2.05, 4.69) is 29.4 Å². The molecule has 0 saturated carbocycles. The number of hydrogen-bond donors (Lipinski definition) is 1. The van der Waals surface area contributed by atoms with Crippen molar-refractivity contribution in [1.82, 2.24) is 9.97 Å². The van der Waals surface area contributed by atoms with Crippen molar-refractivity contribution in [1.29, 1.82) is 0 Å². The Balaban J connectivity index is 1.63. The summed E-state index contributed by atoms with van der Waals surface area (Å²) in [5.74, 6) is 1.96. The summed E-state index contributed by atoms with van der Waals surface area (Å²) in [6.07, 6.45) is 2.09. The van der Waals surface area contributed by atoms with Crippen LogP contribution >= 0.6 is 0 Å². The minimum Gasteiger partial charge on any atom is -0.493 e. The topological polar surface area (TPSA) is 73.3 Å². The normalized spacial score (nSPS) is 15.4. The van der Waals surface area contributed by atoms with Gasteiger partial charge < -0.3 is 14.8 Å². The van der Waals surface area contributed by atoms with Crippen molar-refractivity contribution >= 4 is 17.4 Å². The highest BCUT2D eigenvalue weighted by Crippen LogP contribution is 2.37. The molecule has 6 heteroatoms. The van der Waals surface area contributed by atoms with Gasteiger partial charge in [-0.1, -0.05) is 25.1 Å². The van der Waals surface area contributed by atoms with Gasteiger partial charge in [-0.25, -0.2) is 9.97 Å². The molecule has 4 rings (SSSR count). The summed E-state index contributed by atoms with van der Waals surface area (Å²) >= 11 is 0. The second-order valence-corrected chi connectivity index (χ2v) is 7.77. The predicted molar refractivity (Wildman–Crippen MR) is 121 cm³/mol. The maximum atomic E-state index is 13.0. The van der Waals surface area contributed by atoms with Gasteiger partial charge in [0.25, 0.3) is 0 Å². The lowest BCUT2D eigenvalue weighted by Gasteiger charge is -2.25. The van der Waals surface area contributed by atoms with Crippen molar-refractivity contribution in [3.63, 3.8) is 0 Å². The van der Waals surface area contributed by atoms with E-state index in [0.717, 1.165) is 23.4 Å². The molecule has 3 aromatic rings. The zero-order valence-electron chi connectivity index (χ0n) is 18.4. The number of nitrogens with zero attached hydrogens (tertiary/aromatic N) is 2. The monoisotopic (exact) mass is 417 g/mol. The highest BCUT2D eigenvalue weighted by atomic mass is 16.5. The third kappa shape index (κ3) is 4.24. The van der Waals surface area contributed by atoms with Crippen molar-refractivity contribution in [3.8, 4) is 11.5 Å². The number of Topliss-reactive ketones (excluding diaryl/α,β-unsaturated/α-hetero) is 1. The molecule has 1 heterocycles. The fraction of sp³-hybridized carbons (Fsp3) is 0.320. The molecule has 160 valence electrons. The standard InChI is InChI=1S/C25H27N3O3/c1-5-16-6-9-19(10-7-16)27-25-26-15(2)24-20(28-25)12-18(13-21(24)29)17-8-11-22(30-3)23(14-17)31-4/h6-11,14,18H,5,12-13H2,1-4H3,(H,26,27,28)/t18-/m0/s1. The Morgan fingerprint density at radius 2 is 1.74 bits per heavy atom. The lowest BCUT2D eigenvalue weighted by molar-refractivity contribution is 0.0962. The molecular weight excluding hydrogens is 390 g/mol. The van der Waals surface area contributed by atoms with Gasteiger partial charge in [-0.05, 0) is 61.1 Å². The third-order valence-corrected chi connectivity index (χ3v) is 5.81. The fourth-order valence-corrected chi connectivity index (χ4v) is 4.13. The second kappa shape index (κ2) is 8.76. The molecule has 1 atom stereocenters. The molecule has 0 unspecified atom stereocenters. The maximum Gasteiger partial charge on any atom is 0.227 e. The smallest absolute Gasteiger partial charge is 0.227 e. The van der Waals surface area contributed by atoms with Crippen LogP contribution in [0.2, 0.25) is 0 Å². The van der Waals surface area contributed by atoms with Crippen molar-refractivity contribution < 1.29 is 14.3 Å². The number of ketones is 1. The first-order valence-electron chi connectivity index (χ1n) is 10.5. The molecular formula is C25H27N3O3. The van der Waals surface area contributed by atoms with Crippen LogP contribution in [0.1, 0.15) is 52.1 Å². The number of rotatable bonds is 6. The highest BCUT2D eigenvalue weighted by molar-refractivity contribution is 5.99. The Bertz CT molecular complexity index is 1110. The van der Waals surface area contributed by atoms with E-state index in [0.29, 0.717) is 41.5 Å². The van der Waals surface area contributed by atoms with Crippen molar-refractivity contribution in [2.24, 2.45) is 0 Å². The summed E-state index contributed by atoms with van der Waals surface area (Å²) in [4.78, 5) is 22.2. The zero-order chi connectivity index (χ0) is 22.0. The van der Waals surface area contributed by atoms with Crippen molar-refractivity contribution in [2.45, 2.75) is 39.0 Å². The number of nitrogens with one attached hydrogen (secondary N) is 1. The van der Waals surface area contributed by atoms with E-state index < -0.39 is 0 Å². The van der Waals surface area contributed by atoms with Crippen LogP contribution in [0.4, 0.5) is 11.6 Å². The quantitative estimate of drug-likeness (QED) is 0.607. The SMILES string of the molecule is CCc1ccc(Nc2nc(C)c3c(n2)C[C@H](c2ccc(OC)c(OC)c2)CC3=O)cc1. The fourth-order valence-electron chi connectivity index (χ4n) is 4.13. The van der Waals surface area contributed by atoms with Crippen LogP contribution in [-0.2, 0) is 12.8 Å². The number of carbonyl (C=O) groups is 1. The number of benzene rings is 2. The minimum atomic E-state index is 0.0331. The Labute approximate surface area is 182 Å². The molecule has 1 aliphatic rings. The lowest BCUT2D eigenvalue weighted by atomic mass is 9.81. The number of methoxy groups -OCH3 is 2. The molecule has 0 spiro atoms. The molecule has 1 aromatic heterocycles. The molecule has 0 aliphatic heterocycles. The van der Waals surface area contributed by atoms with Gasteiger partial charge in [0.15, 0.2) is 17.3 Å². The molecule has 1 N–H and O–H groups in total. The van der Waals surface area contributed by atoms with E-state index in [1.54, 1.807) is 14.2 Å². The van der Waals surface area contributed by atoms with Crippen LogP contribution in [-0.4, -0.2) is 30.0 Å². The van der Waals surface area contributed by atoms with E-state index in [1.165, 1.54) is 5.56 Å². The van der Waals surface area contributed by atoms with Gasteiger partial charge in [-0.3, -0.25) is 4.79 Å². The average Bonchev–Trinajstić information content (AvgIpc) is 2.78. The molecule has 0 fully saturated rings. The zero-order valence-corrected chi connectivity index (χ0v) is 18.4. The minimum absolute atomic E-state index is 0.0331. The van der Waals surface area contributed by atoms with Crippen LogP contribution in [0, 0.1) is 6.92 Å². The van der Waals surface area contributed by atoms with E-state index in [-0.39, 0.29) is 11.7 Å². The Morgan fingerprint density at radius 1 is 1.00 bits per heavy atom. The summed E-state index contributed by atoms with van der Waals surface area (Å²) in [7, 11) is 3.23. The highest BCUT2D eigenvalue weighted by Gasteiger charge is 2.30. The second-order valence-electron chi connectivity index (χ2n) is 7.77. The van der Waals surface area contributed by atoms with Gasteiger partial charge in [-0.15, -0.1) is 0 Å². The summed E-state index contributed by atoms with van der Waals surface area (Å²) in [6.45, 7) is 4.00. The van der Waals surface area contributed by atoms with E-state index in [9.17, 15) is 4.79 Å². The predicted octanol–water partition coefficient (Wildman–Crippen LogP) is 5.02. The van der Waals surface area contributed by atoms with Crippen LogP contribution in [0.5, 0.6) is 11.5 Å². The van der Waals surface area contributed by atoms with Gasteiger partial charge >= 0.3 is 0 Å². The van der Waals surface area contributed by atoms with E-state index in [4.69, 9.17) is 14.5 Å². The molecule has 0 saturated heterocycles. The first-order chi connectivity index (χ1) is 15.0. The number of aryl methyl sites for hydroxylation is 2. The Kier molecular flexibility index (Phi) is 5.89. The van der Waals surface area contributed by atoms with Gasteiger partial charge in [0.2, 0.25) is 5.95 Å². The molecule has 0 bridgehead atoms. The van der Waals surface area contributed by atoms with Gasteiger partial charge in [0.1, 0.15) is 0 Å². The number of aromatic nitrogens is 2. The number of hydrogen-bond acceptors (Lipinski definition) is 6. The van der Waals surface area contributed by atoms with Crippen LogP contribution in [0.25, 0.3) is 0 Å². The summed E-state index contributed by atoms with van der Waals surface area (Å²) in [5, 5.41) is 3.28. The summed E-state index contributed by atoms with van der Waals surface area (Å²) in [5.41, 5.74) is 5.40. The molecule has 6 nitrogen and oxygen atoms in total. The van der Waals surface area contributed by atoms with Gasteiger partial charge in [0.05, 0.1) is 31.2 Å². The van der Waals surface area contributed by atoms with Crippen LogP contribution < -0.4 is 14.8 Å². The van der Waals surface area contributed by atoms with Crippen molar-refractivity contribution in [3.05, 3.63) is 70.5 Å². The lowest BCUT2D eigenvalue weighted by Crippen LogP contribution is -2.23. The van der Waals surface area contributed by atoms with E-state index in [1.807, 2.05) is 37.3 Å². The molecule has 1 aliphatic carbocycles. The van der Waals surface area contributed by atoms with E-state index >= 15 is 0 Å². The number of carbonyl (C=O) groups excluding carboxylic acids is 1. The molecule has 0 amide bonds. The summed E-state index contributed by atoms with van der Waals surface area (Å²) < 4.78 is 10.8. The van der Waals surface area contributed by atoms with Crippen LogP contribution in [0.15, 0.2) is 42.5 Å². The molecule has 0 radical (unpaired) electrons. The molecule has 2 aromatic carbocycles. The van der Waals surface area contributed by atoms with Crippen LogP contribution in [0.3, 0.4) is 0 Å². The first-order valence-corrected chi connectivity index (χ1v) is 10.5. The summed E-state index contributed by atoms with van der Waals surface area (Å²) in [6, 6.07) is 14.0. The largest absolute Gasteiger partial charge is 0.493 e. The van der Waals surface area contributed by atoms with Gasteiger partial charge in [0, 0.05) is 12.1 Å². The Morgan fingerprint density at radius 3 is 2.42 bits per heavy atom. The Hall–Kier alpha value is -3.41. The van der Waals surface area contributed by atoms with Crippen molar-refractivity contribution in [2.75, 3.05) is 19.5 Å². The maximum absolute atomic E-state index is 13.0. The number of ether oxygens (including phenoxy) is 2.